The highest BCUT2D eigenvalue weighted by molar-refractivity contribution is 5.36. The second-order valence-corrected chi connectivity index (χ2v) is 11.7. The number of fused-ring (bicyclic) bond motifs is 6. The van der Waals surface area contributed by atoms with Gasteiger partial charge in [-0.15, -0.1) is 0 Å². The summed E-state index contributed by atoms with van der Waals surface area (Å²) in [6, 6.07) is 0. The van der Waals surface area contributed by atoms with Crippen LogP contribution < -0.4 is 0 Å². The van der Waals surface area contributed by atoms with Crippen molar-refractivity contribution in [1.29, 1.82) is 0 Å². The largest absolute Gasteiger partial charge is 0.393 e. The summed E-state index contributed by atoms with van der Waals surface area (Å²) in [5.41, 5.74) is 4.84. The standard InChI is InChI=1S/C24H38O/c1-14-12-15-13-18-16-6-7-19-22(2,3)20(25)9-11-23(19,4)17(16)8-10-24(18,5)21(14)15/h14-15,18-21,25H,6-13H2,1-5H3/t14?,15?,18?,19?,20?,21?,23-,24?/m1/s1. The third kappa shape index (κ3) is 1.90. The zero-order valence-corrected chi connectivity index (χ0v) is 17.1. The smallest absolute Gasteiger partial charge is 0.0594 e. The first-order valence-electron chi connectivity index (χ1n) is 11.1. The van der Waals surface area contributed by atoms with Crippen LogP contribution in [-0.4, -0.2) is 11.2 Å². The van der Waals surface area contributed by atoms with Gasteiger partial charge in [0.2, 0.25) is 0 Å². The van der Waals surface area contributed by atoms with Crippen LogP contribution in [0.2, 0.25) is 0 Å². The molecule has 0 saturated heterocycles. The van der Waals surface area contributed by atoms with E-state index in [1.54, 1.807) is 0 Å². The van der Waals surface area contributed by atoms with E-state index in [4.69, 9.17) is 0 Å². The Morgan fingerprint density at radius 1 is 0.960 bits per heavy atom. The Labute approximate surface area is 154 Å². The van der Waals surface area contributed by atoms with E-state index in [1.807, 2.05) is 11.1 Å². The summed E-state index contributed by atoms with van der Waals surface area (Å²) < 4.78 is 0. The van der Waals surface area contributed by atoms with Gasteiger partial charge in [0.15, 0.2) is 0 Å². The second kappa shape index (κ2) is 4.94. The molecule has 1 N–H and O–H groups in total. The molecule has 0 bridgehead atoms. The molecule has 1 heteroatoms. The summed E-state index contributed by atoms with van der Waals surface area (Å²) in [7, 11) is 0. The molecule has 0 aromatic heterocycles. The molecule has 1 nitrogen and oxygen atoms in total. The topological polar surface area (TPSA) is 20.2 Å². The first-order chi connectivity index (χ1) is 11.7. The molecule has 0 aliphatic heterocycles. The number of hydrogen-bond acceptors (Lipinski definition) is 1. The predicted octanol–water partition coefficient (Wildman–Crippen LogP) is 5.97. The Morgan fingerprint density at radius 2 is 1.72 bits per heavy atom. The molecular weight excluding hydrogens is 304 g/mol. The van der Waals surface area contributed by atoms with Gasteiger partial charge in [-0.1, -0.05) is 45.8 Å². The molecule has 5 aliphatic rings. The van der Waals surface area contributed by atoms with E-state index in [2.05, 4.69) is 34.6 Å². The lowest BCUT2D eigenvalue weighted by atomic mass is 9.45. The highest BCUT2D eigenvalue weighted by Crippen LogP contribution is 2.71. The first-order valence-corrected chi connectivity index (χ1v) is 11.1. The molecule has 3 saturated carbocycles. The van der Waals surface area contributed by atoms with E-state index < -0.39 is 0 Å². The van der Waals surface area contributed by atoms with Crippen LogP contribution in [-0.2, 0) is 0 Å². The molecule has 0 heterocycles. The minimum Gasteiger partial charge on any atom is -0.393 e. The summed E-state index contributed by atoms with van der Waals surface area (Å²) in [6.07, 6.45) is 10.6. The van der Waals surface area contributed by atoms with Crippen molar-refractivity contribution in [2.45, 2.75) is 92.1 Å². The van der Waals surface area contributed by atoms with Crippen molar-refractivity contribution >= 4 is 0 Å². The van der Waals surface area contributed by atoms with Crippen LogP contribution >= 0.6 is 0 Å². The van der Waals surface area contributed by atoms with Gasteiger partial charge in [-0.05, 0) is 97.2 Å². The minimum absolute atomic E-state index is 0.0789. The van der Waals surface area contributed by atoms with Crippen LogP contribution in [0.3, 0.4) is 0 Å². The van der Waals surface area contributed by atoms with Gasteiger partial charge in [-0.2, -0.15) is 0 Å². The van der Waals surface area contributed by atoms with Crippen molar-refractivity contribution < 1.29 is 5.11 Å². The number of rotatable bonds is 0. The van der Waals surface area contributed by atoms with Gasteiger partial charge in [0, 0.05) is 0 Å². The van der Waals surface area contributed by atoms with Gasteiger partial charge < -0.3 is 5.11 Å². The lowest BCUT2D eigenvalue weighted by Crippen LogP contribution is -2.53. The fourth-order valence-corrected chi connectivity index (χ4v) is 9.29. The molecule has 0 amide bonds. The summed E-state index contributed by atoms with van der Waals surface area (Å²) in [5.74, 6) is 4.58. The van der Waals surface area contributed by atoms with Crippen LogP contribution in [0.1, 0.15) is 86.0 Å². The van der Waals surface area contributed by atoms with Gasteiger partial charge in [-0.25, -0.2) is 0 Å². The number of hydrogen-bond donors (Lipinski definition) is 1. The monoisotopic (exact) mass is 342 g/mol. The molecule has 3 fully saturated rings. The van der Waals surface area contributed by atoms with Crippen LogP contribution in [0, 0.1) is 45.8 Å². The van der Waals surface area contributed by atoms with E-state index in [0.717, 1.165) is 30.1 Å². The molecule has 5 rings (SSSR count). The van der Waals surface area contributed by atoms with Crippen LogP contribution in [0.5, 0.6) is 0 Å². The van der Waals surface area contributed by atoms with Crippen molar-refractivity contribution in [2.75, 3.05) is 0 Å². The van der Waals surface area contributed by atoms with Crippen molar-refractivity contribution in [1.82, 2.24) is 0 Å². The summed E-state index contributed by atoms with van der Waals surface area (Å²) >= 11 is 0. The van der Waals surface area contributed by atoms with E-state index in [-0.39, 0.29) is 11.5 Å². The van der Waals surface area contributed by atoms with E-state index in [9.17, 15) is 5.11 Å². The Kier molecular flexibility index (Phi) is 3.33. The molecule has 0 spiro atoms. The van der Waals surface area contributed by atoms with Gasteiger partial charge in [0.05, 0.1) is 6.10 Å². The molecule has 5 aliphatic carbocycles. The van der Waals surface area contributed by atoms with Gasteiger partial charge in [0.25, 0.3) is 0 Å². The lowest BCUT2D eigenvalue weighted by Gasteiger charge is -2.60. The summed E-state index contributed by atoms with van der Waals surface area (Å²) in [6.45, 7) is 12.4. The van der Waals surface area contributed by atoms with Crippen molar-refractivity contribution in [3.8, 4) is 0 Å². The molecular formula is C24H38O. The molecule has 0 aromatic rings. The highest BCUT2D eigenvalue weighted by atomic mass is 16.3. The maximum Gasteiger partial charge on any atom is 0.0594 e. The zero-order valence-electron chi connectivity index (χ0n) is 17.1. The molecule has 8 atom stereocenters. The summed E-state index contributed by atoms with van der Waals surface area (Å²) in [4.78, 5) is 0. The molecule has 0 aromatic carbocycles. The average Bonchev–Trinajstić information content (AvgIpc) is 2.77. The average molecular weight is 343 g/mol. The number of aliphatic hydroxyl groups is 1. The third-order valence-corrected chi connectivity index (χ3v) is 10.5. The second-order valence-electron chi connectivity index (χ2n) is 11.7. The van der Waals surface area contributed by atoms with Crippen molar-refractivity contribution in [3.05, 3.63) is 11.1 Å². The predicted molar refractivity (Wildman–Crippen MR) is 103 cm³/mol. The number of aliphatic hydroxyl groups excluding tert-OH is 1. The first kappa shape index (κ1) is 16.8. The van der Waals surface area contributed by atoms with Crippen LogP contribution in [0.4, 0.5) is 0 Å². The maximum atomic E-state index is 10.7. The van der Waals surface area contributed by atoms with E-state index in [1.165, 1.54) is 44.9 Å². The fourth-order valence-electron chi connectivity index (χ4n) is 9.29. The molecule has 0 radical (unpaired) electrons. The Balaban J connectivity index is 1.56. The van der Waals surface area contributed by atoms with Crippen molar-refractivity contribution in [2.24, 2.45) is 45.8 Å². The minimum atomic E-state index is -0.107. The highest BCUT2D eigenvalue weighted by Gasteiger charge is 2.63. The van der Waals surface area contributed by atoms with Crippen molar-refractivity contribution in [3.63, 3.8) is 0 Å². The van der Waals surface area contributed by atoms with E-state index >= 15 is 0 Å². The van der Waals surface area contributed by atoms with Gasteiger partial charge >= 0.3 is 0 Å². The normalized spacial score (nSPS) is 56.4. The Bertz CT molecular complexity index is 630. The zero-order chi connectivity index (χ0) is 17.8. The maximum absolute atomic E-state index is 10.7. The third-order valence-electron chi connectivity index (χ3n) is 10.5. The van der Waals surface area contributed by atoms with Crippen LogP contribution in [0.25, 0.3) is 0 Å². The van der Waals surface area contributed by atoms with Gasteiger partial charge in [0.1, 0.15) is 0 Å². The van der Waals surface area contributed by atoms with Crippen LogP contribution in [0.15, 0.2) is 11.1 Å². The molecule has 7 unspecified atom stereocenters. The van der Waals surface area contributed by atoms with Gasteiger partial charge in [-0.3, -0.25) is 0 Å². The lowest BCUT2D eigenvalue weighted by molar-refractivity contribution is -0.0937. The number of allylic oxidation sites excluding steroid dienone is 2. The Hall–Kier alpha value is -0.300. The fraction of sp³-hybridized carbons (Fsp3) is 0.917. The quantitative estimate of drug-likeness (QED) is 0.537. The molecule has 140 valence electrons. The summed E-state index contributed by atoms with van der Waals surface area (Å²) in [5, 5.41) is 10.7. The van der Waals surface area contributed by atoms with E-state index in [0.29, 0.717) is 16.7 Å². The Morgan fingerprint density at radius 3 is 2.44 bits per heavy atom. The molecule has 25 heavy (non-hydrogen) atoms. The SMILES string of the molecule is CC1CC2CC3C4=C(CCC3(C)C12)[C@@]1(C)CCC(O)C(C)(C)C1CC4.